The number of oxime groups is 1. The van der Waals surface area contributed by atoms with Crippen LogP contribution < -0.4 is 0 Å². The number of alkyl halides is 1. The van der Waals surface area contributed by atoms with Crippen molar-refractivity contribution in [3.05, 3.63) is 28.3 Å². The molecule has 0 spiro atoms. The molecule has 0 saturated carbocycles. The van der Waals surface area contributed by atoms with Crippen LogP contribution in [0.1, 0.15) is 24.5 Å². The van der Waals surface area contributed by atoms with E-state index in [0.29, 0.717) is 17.3 Å². The normalized spacial score (nSPS) is 18.0. The van der Waals surface area contributed by atoms with Crippen LogP contribution in [0.2, 0.25) is 5.02 Å². The second-order valence-corrected chi connectivity index (χ2v) is 5.78. The van der Waals surface area contributed by atoms with Gasteiger partial charge in [0.1, 0.15) is 6.10 Å². The van der Waals surface area contributed by atoms with E-state index in [4.69, 9.17) is 28.0 Å². The monoisotopic (exact) mass is 327 g/mol. The highest BCUT2D eigenvalue weighted by Crippen LogP contribution is 2.30. The summed E-state index contributed by atoms with van der Waals surface area (Å²) in [7, 11) is 1.97. The molecule has 1 heterocycles. The quantitative estimate of drug-likeness (QED) is 0.465. The Morgan fingerprint density at radius 1 is 1.52 bits per heavy atom. The van der Waals surface area contributed by atoms with Gasteiger partial charge in [-0.25, -0.2) is 4.99 Å². The fourth-order valence-electron chi connectivity index (χ4n) is 1.99. The van der Waals surface area contributed by atoms with E-state index >= 15 is 0 Å². The summed E-state index contributed by atoms with van der Waals surface area (Å²) in [5.41, 5.74) is 3.71. The highest BCUT2D eigenvalue weighted by molar-refractivity contribution is 6.33. The molecule has 0 radical (unpaired) electrons. The van der Waals surface area contributed by atoms with Crippen molar-refractivity contribution in [3.63, 3.8) is 0 Å². The molecular formula is C15H19Cl2N3O. The van der Waals surface area contributed by atoms with Crippen molar-refractivity contribution in [1.82, 2.24) is 4.90 Å². The maximum Gasteiger partial charge on any atom is 0.146 e. The molecule has 0 N–H and O–H groups in total. The summed E-state index contributed by atoms with van der Waals surface area (Å²) in [6, 6.07) is 3.86. The van der Waals surface area contributed by atoms with E-state index in [0.717, 1.165) is 29.1 Å². The molecule has 114 valence electrons. The Balaban J connectivity index is 2.24. The van der Waals surface area contributed by atoms with Gasteiger partial charge in [0.15, 0.2) is 0 Å². The van der Waals surface area contributed by atoms with Crippen molar-refractivity contribution in [2.45, 2.75) is 26.4 Å². The lowest BCUT2D eigenvalue weighted by atomic mass is 10.00. The van der Waals surface area contributed by atoms with Crippen LogP contribution in [0.4, 0.5) is 5.69 Å². The van der Waals surface area contributed by atoms with Crippen molar-refractivity contribution >= 4 is 40.9 Å². The summed E-state index contributed by atoms with van der Waals surface area (Å²) in [6.45, 7) is 4.98. The lowest BCUT2D eigenvalue weighted by Crippen LogP contribution is -2.14. The first-order valence-corrected chi connectivity index (χ1v) is 7.80. The standard InChI is InChI=1S/C15H19Cl2N3O/c1-4-20(3)9-18-15-5-10(2)12(7-13(15)17)14-6-11(8-16)21-19-14/h5,7,9,11H,4,6,8H2,1-3H3/b18-9-. The number of rotatable bonds is 5. The fraction of sp³-hybridized carbons (Fsp3) is 0.467. The summed E-state index contributed by atoms with van der Waals surface area (Å²) in [6.07, 6.45) is 2.44. The predicted octanol–water partition coefficient (Wildman–Crippen LogP) is 3.99. The Morgan fingerprint density at radius 2 is 2.29 bits per heavy atom. The molecular weight excluding hydrogens is 309 g/mol. The average Bonchev–Trinajstić information content (AvgIpc) is 2.96. The molecule has 21 heavy (non-hydrogen) atoms. The van der Waals surface area contributed by atoms with Crippen LogP contribution in [-0.2, 0) is 4.84 Å². The maximum absolute atomic E-state index is 6.32. The molecule has 1 aliphatic rings. The molecule has 0 saturated heterocycles. The van der Waals surface area contributed by atoms with Crippen LogP contribution in [0.25, 0.3) is 0 Å². The van der Waals surface area contributed by atoms with E-state index in [2.05, 4.69) is 17.1 Å². The molecule has 1 unspecified atom stereocenters. The van der Waals surface area contributed by atoms with Crippen LogP contribution in [0.5, 0.6) is 0 Å². The number of hydrogen-bond donors (Lipinski definition) is 0. The molecule has 1 atom stereocenters. The molecule has 1 aliphatic heterocycles. The van der Waals surface area contributed by atoms with Gasteiger partial charge in [0, 0.05) is 25.6 Å². The second kappa shape index (κ2) is 7.14. The van der Waals surface area contributed by atoms with E-state index in [9.17, 15) is 0 Å². The summed E-state index contributed by atoms with van der Waals surface area (Å²) >= 11 is 12.1. The Bertz CT molecular complexity index is 572. The largest absolute Gasteiger partial charge is 0.391 e. The minimum atomic E-state index is -0.0456. The SMILES string of the molecule is CCN(C)/C=N\c1cc(C)c(C2=NOC(CCl)C2)cc1Cl. The molecule has 1 aromatic rings. The first kappa shape index (κ1) is 16.1. The van der Waals surface area contributed by atoms with Crippen LogP contribution in [0.3, 0.4) is 0 Å². The van der Waals surface area contributed by atoms with Crippen molar-refractivity contribution in [1.29, 1.82) is 0 Å². The lowest BCUT2D eigenvalue weighted by Gasteiger charge is -2.10. The summed E-state index contributed by atoms with van der Waals surface area (Å²) in [4.78, 5) is 11.7. The van der Waals surface area contributed by atoms with E-state index in [1.54, 1.807) is 6.34 Å². The summed E-state index contributed by atoms with van der Waals surface area (Å²) in [5.74, 6) is 0.436. The summed E-state index contributed by atoms with van der Waals surface area (Å²) in [5, 5.41) is 4.71. The van der Waals surface area contributed by atoms with Crippen LogP contribution >= 0.6 is 23.2 Å². The lowest BCUT2D eigenvalue weighted by molar-refractivity contribution is 0.102. The molecule has 0 aromatic heterocycles. The Labute approximate surface area is 135 Å². The van der Waals surface area contributed by atoms with Gasteiger partial charge in [-0.1, -0.05) is 16.8 Å². The maximum atomic E-state index is 6.32. The van der Waals surface area contributed by atoms with Crippen molar-refractivity contribution < 1.29 is 4.84 Å². The van der Waals surface area contributed by atoms with E-state index in [1.165, 1.54) is 0 Å². The van der Waals surface area contributed by atoms with Crippen LogP contribution in [0, 0.1) is 6.92 Å². The zero-order chi connectivity index (χ0) is 15.4. The highest BCUT2D eigenvalue weighted by Gasteiger charge is 2.23. The van der Waals surface area contributed by atoms with Gasteiger partial charge in [-0.3, -0.25) is 0 Å². The van der Waals surface area contributed by atoms with Gasteiger partial charge < -0.3 is 9.74 Å². The van der Waals surface area contributed by atoms with E-state index in [1.807, 2.05) is 31.0 Å². The first-order valence-electron chi connectivity index (χ1n) is 6.88. The minimum absolute atomic E-state index is 0.0456. The van der Waals surface area contributed by atoms with Crippen LogP contribution in [0.15, 0.2) is 22.3 Å². The smallest absolute Gasteiger partial charge is 0.146 e. The molecule has 2 rings (SSSR count). The van der Waals surface area contributed by atoms with Crippen LogP contribution in [-0.4, -0.2) is 42.5 Å². The number of halogens is 2. The molecule has 0 bridgehead atoms. The zero-order valence-corrected chi connectivity index (χ0v) is 13.9. The van der Waals surface area contributed by atoms with Gasteiger partial charge in [0.05, 0.1) is 28.6 Å². The third-order valence-corrected chi connectivity index (χ3v) is 4.05. The molecule has 0 fully saturated rings. The number of benzene rings is 1. The van der Waals surface area contributed by atoms with Gasteiger partial charge in [-0.15, -0.1) is 11.6 Å². The third-order valence-electron chi connectivity index (χ3n) is 3.40. The Kier molecular flexibility index (Phi) is 5.48. The average molecular weight is 328 g/mol. The van der Waals surface area contributed by atoms with Crippen molar-refractivity contribution in [2.75, 3.05) is 19.5 Å². The predicted molar refractivity (Wildman–Crippen MR) is 89.4 cm³/mol. The van der Waals surface area contributed by atoms with Gasteiger partial charge in [-0.05, 0) is 31.5 Å². The summed E-state index contributed by atoms with van der Waals surface area (Å²) < 4.78 is 0. The van der Waals surface area contributed by atoms with E-state index in [-0.39, 0.29) is 6.10 Å². The molecule has 0 aliphatic carbocycles. The van der Waals surface area contributed by atoms with Gasteiger partial charge in [-0.2, -0.15) is 0 Å². The Morgan fingerprint density at radius 3 is 2.90 bits per heavy atom. The van der Waals surface area contributed by atoms with Crippen molar-refractivity contribution in [3.8, 4) is 0 Å². The molecule has 4 nitrogen and oxygen atoms in total. The number of nitrogens with zero attached hydrogens (tertiary/aromatic N) is 3. The van der Waals surface area contributed by atoms with Gasteiger partial charge in [0.2, 0.25) is 0 Å². The van der Waals surface area contributed by atoms with E-state index < -0.39 is 0 Å². The second-order valence-electron chi connectivity index (χ2n) is 5.06. The number of aliphatic imine (C=N–C) groups is 1. The number of hydrogen-bond acceptors (Lipinski definition) is 3. The fourth-order valence-corrected chi connectivity index (χ4v) is 2.37. The minimum Gasteiger partial charge on any atom is -0.391 e. The first-order chi connectivity index (χ1) is 10.0. The molecule has 6 heteroatoms. The number of aryl methyl sites for hydroxylation is 1. The van der Waals surface area contributed by atoms with Crippen molar-refractivity contribution in [2.24, 2.45) is 10.1 Å². The Hall–Kier alpha value is -1.26. The topological polar surface area (TPSA) is 37.2 Å². The van der Waals surface area contributed by atoms with Gasteiger partial charge in [0.25, 0.3) is 0 Å². The molecule has 0 amide bonds. The van der Waals surface area contributed by atoms with Gasteiger partial charge >= 0.3 is 0 Å². The zero-order valence-electron chi connectivity index (χ0n) is 12.4. The molecule has 1 aromatic carbocycles. The highest BCUT2D eigenvalue weighted by atomic mass is 35.5. The third kappa shape index (κ3) is 3.89.